The van der Waals surface area contributed by atoms with Gasteiger partial charge in [0.1, 0.15) is 24.7 Å². The number of nitrogens with zero attached hydrogens (tertiary/aromatic N) is 2. The van der Waals surface area contributed by atoms with Gasteiger partial charge in [0.05, 0.1) is 16.8 Å². The predicted molar refractivity (Wildman–Crippen MR) is 121 cm³/mol. The fraction of sp³-hybridized carbons (Fsp3) is 0.0952. The molecule has 0 fully saturated rings. The van der Waals surface area contributed by atoms with Crippen molar-refractivity contribution in [2.45, 2.75) is 0 Å². The Balaban J connectivity index is 1.56. The van der Waals surface area contributed by atoms with Crippen molar-refractivity contribution in [1.29, 1.82) is 0 Å². The van der Waals surface area contributed by atoms with Crippen LogP contribution in [0.15, 0.2) is 76.3 Å². The molecule has 0 heterocycles. The molecule has 3 aromatic carbocycles. The van der Waals surface area contributed by atoms with Crippen molar-refractivity contribution in [2.75, 3.05) is 18.6 Å². The summed E-state index contributed by atoms with van der Waals surface area (Å²) in [6, 6.07) is 18.7. The first-order valence-corrected chi connectivity index (χ1v) is 10.0. The fourth-order valence-corrected chi connectivity index (χ4v) is 2.87. The number of anilines is 1. The second-order valence-electron chi connectivity index (χ2n) is 6.01. The molecule has 0 atom stereocenters. The normalized spacial score (nSPS) is 10.7. The van der Waals surface area contributed by atoms with Gasteiger partial charge in [-0.05, 0) is 54.6 Å². The fourth-order valence-electron chi connectivity index (χ4n) is 2.43. The van der Waals surface area contributed by atoms with Gasteiger partial charge in [-0.3, -0.25) is 15.5 Å². The minimum Gasteiger partial charge on any atom is -0.490 e. The van der Waals surface area contributed by atoms with Crippen LogP contribution in [0, 0.1) is 10.1 Å². The lowest BCUT2D eigenvalue weighted by molar-refractivity contribution is -0.384. The van der Waals surface area contributed by atoms with Crippen molar-refractivity contribution in [3.8, 4) is 11.5 Å². The molecule has 3 rings (SSSR count). The van der Waals surface area contributed by atoms with Crippen LogP contribution in [0.5, 0.6) is 11.5 Å². The lowest BCUT2D eigenvalue weighted by atomic mass is 10.2. The Hall–Kier alpha value is -3.10. The zero-order valence-electron chi connectivity index (χ0n) is 15.6. The summed E-state index contributed by atoms with van der Waals surface area (Å²) >= 11 is 9.46. The van der Waals surface area contributed by atoms with Crippen molar-refractivity contribution in [1.82, 2.24) is 0 Å². The number of rotatable bonds is 9. The van der Waals surface area contributed by atoms with E-state index in [4.69, 9.17) is 21.1 Å². The molecule has 0 spiro atoms. The van der Waals surface area contributed by atoms with E-state index in [0.29, 0.717) is 35.2 Å². The Kier molecular flexibility index (Phi) is 7.64. The van der Waals surface area contributed by atoms with E-state index in [1.165, 1.54) is 12.1 Å². The third-order valence-electron chi connectivity index (χ3n) is 3.87. The molecule has 0 aliphatic rings. The standard InChI is InChI=1S/C21H17BrClN3O4/c22-16-1-8-20(9-2-16)29-11-12-30-21-10-3-17(23)13-15(21)14-24-25-18-4-6-19(7-5-18)26(27)28/h1-10,13-14,25H,11-12H2/b24-14+. The van der Waals surface area contributed by atoms with Crippen molar-refractivity contribution in [2.24, 2.45) is 5.10 Å². The van der Waals surface area contributed by atoms with E-state index in [9.17, 15) is 10.1 Å². The molecule has 3 aromatic rings. The van der Waals surface area contributed by atoms with E-state index >= 15 is 0 Å². The zero-order valence-corrected chi connectivity index (χ0v) is 18.0. The van der Waals surface area contributed by atoms with Crippen LogP contribution in [0.3, 0.4) is 0 Å². The highest BCUT2D eigenvalue weighted by molar-refractivity contribution is 9.10. The lowest BCUT2D eigenvalue weighted by Gasteiger charge is -2.11. The summed E-state index contributed by atoms with van der Waals surface area (Å²) < 4.78 is 12.4. The van der Waals surface area contributed by atoms with Crippen LogP contribution >= 0.6 is 27.5 Å². The van der Waals surface area contributed by atoms with Crippen molar-refractivity contribution >= 4 is 45.1 Å². The van der Waals surface area contributed by atoms with E-state index in [2.05, 4.69) is 26.5 Å². The molecule has 7 nitrogen and oxygen atoms in total. The molecule has 0 amide bonds. The quantitative estimate of drug-likeness (QED) is 0.174. The predicted octanol–water partition coefficient (Wildman–Crippen LogP) is 5.91. The molecule has 0 bridgehead atoms. The number of halogens is 2. The molecule has 0 saturated carbocycles. The second kappa shape index (κ2) is 10.6. The summed E-state index contributed by atoms with van der Waals surface area (Å²) in [4.78, 5) is 10.2. The molecular formula is C21H17BrClN3O4. The number of hydrogen-bond acceptors (Lipinski definition) is 6. The molecule has 0 aliphatic carbocycles. The Morgan fingerprint density at radius 1 is 1.03 bits per heavy atom. The number of nitrogens with one attached hydrogen (secondary N) is 1. The summed E-state index contributed by atoms with van der Waals surface area (Å²) in [6.45, 7) is 0.718. The highest BCUT2D eigenvalue weighted by atomic mass is 79.9. The van der Waals surface area contributed by atoms with Crippen LogP contribution < -0.4 is 14.9 Å². The summed E-state index contributed by atoms with van der Waals surface area (Å²) in [6.07, 6.45) is 1.57. The lowest BCUT2D eigenvalue weighted by Crippen LogP contribution is -2.10. The maximum Gasteiger partial charge on any atom is 0.269 e. The number of nitro benzene ring substituents is 1. The molecule has 0 unspecified atom stereocenters. The Bertz CT molecular complexity index is 1030. The number of nitro groups is 1. The molecule has 0 aromatic heterocycles. The van der Waals surface area contributed by atoms with Gasteiger partial charge < -0.3 is 9.47 Å². The topological polar surface area (TPSA) is 86.0 Å². The van der Waals surface area contributed by atoms with Crippen LogP contribution in [0.2, 0.25) is 5.02 Å². The molecule has 0 saturated heterocycles. The van der Waals surface area contributed by atoms with Crippen LogP contribution in [-0.2, 0) is 0 Å². The molecule has 9 heteroatoms. The highest BCUT2D eigenvalue weighted by Crippen LogP contribution is 2.22. The van der Waals surface area contributed by atoms with E-state index in [1.807, 2.05) is 24.3 Å². The van der Waals surface area contributed by atoms with Gasteiger partial charge in [-0.15, -0.1) is 0 Å². The Morgan fingerprint density at radius 3 is 2.43 bits per heavy atom. The Morgan fingerprint density at radius 2 is 1.73 bits per heavy atom. The molecule has 0 radical (unpaired) electrons. The van der Waals surface area contributed by atoms with Crippen LogP contribution in [0.1, 0.15) is 5.56 Å². The minimum absolute atomic E-state index is 0.0143. The zero-order chi connectivity index (χ0) is 21.3. The number of non-ortho nitro benzene ring substituents is 1. The maximum atomic E-state index is 10.7. The van der Waals surface area contributed by atoms with Gasteiger partial charge in [-0.25, -0.2) is 0 Å². The van der Waals surface area contributed by atoms with Gasteiger partial charge in [-0.2, -0.15) is 5.10 Å². The van der Waals surface area contributed by atoms with Gasteiger partial charge >= 0.3 is 0 Å². The molecule has 1 N–H and O–H groups in total. The maximum absolute atomic E-state index is 10.7. The highest BCUT2D eigenvalue weighted by Gasteiger charge is 2.05. The number of hydrazone groups is 1. The van der Waals surface area contributed by atoms with Gasteiger partial charge in [-0.1, -0.05) is 27.5 Å². The average molecular weight is 491 g/mol. The third kappa shape index (κ3) is 6.47. The summed E-state index contributed by atoms with van der Waals surface area (Å²) in [5, 5.41) is 15.4. The first-order valence-electron chi connectivity index (χ1n) is 8.85. The smallest absolute Gasteiger partial charge is 0.269 e. The monoisotopic (exact) mass is 489 g/mol. The van der Waals surface area contributed by atoms with Crippen LogP contribution in [0.4, 0.5) is 11.4 Å². The van der Waals surface area contributed by atoms with Gasteiger partial charge in [0.25, 0.3) is 5.69 Å². The summed E-state index contributed by atoms with van der Waals surface area (Å²) in [5.41, 5.74) is 4.13. The second-order valence-corrected chi connectivity index (χ2v) is 7.36. The average Bonchev–Trinajstić information content (AvgIpc) is 2.74. The van der Waals surface area contributed by atoms with Crippen molar-refractivity contribution in [3.63, 3.8) is 0 Å². The van der Waals surface area contributed by atoms with E-state index in [0.717, 1.165) is 10.2 Å². The summed E-state index contributed by atoms with van der Waals surface area (Å²) in [7, 11) is 0. The number of benzene rings is 3. The molecule has 154 valence electrons. The minimum atomic E-state index is -0.455. The number of ether oxygens (including phenoxy) is 2. The van der Waals surface area contributed by atoms with Crippen LogP contribution in [-0.4, -0.2) is 24.4 Å². The van der Waals surface area contributed by atoms with Crippen molar-refractivity contribution < 1.29 is 14.4 Å². The first kappa shape index (κ1) is 21.6. The van der Waals surface area contributed by atoms with Gasteiger partial charge in [0.2, 0.25) is 0 Å². The van der Waals surface area contributed by atoms with Crippen molar-refractivity contribution in [3.05, 3.63) is 91.9 Å². The first-order chi connectivity index (χ1) is 14.5. The Labute approximate surface area is 186 Å². The van der Waals surface area contributed by atoms with E-state index in [-0.39, 0.29) is 5.69 Å². The van der Waals surface area contributed by atoms with Gasteiger partial charge in [0, 0.05) is 27.2 Å². The molecule has 30 heavy (non-hydrogen) atoms. The van der Waals surface area contributed by atoms with E-state index in [1.54, 1.807) is 36.5 Å². The van der Waals surface area contributed by atoms with E-state index < -0.39 is 4.92 Å². The largest absolute Gasteiger partial charge is 0.490 e. The number of hydrogen-bond donors (Lipinski definition) is 1. The SMILES string of the molecule is O=[N+]([O-])c1ccc(N/N=C/c2cc(Cl)ccc2OCCOc2ccc(Br)cc2)cc1. The molecular weight excluding hydrogens is 474 g/mol. The van der Waals surface area contributed by atoms with Crippen LogP contribution in [0.25, 0.3) is 0 Å². The third-order valence-corrected chi connectivity index (χ3v) is 4.63. The summed E-state index contributed by atoms with van der Waals surface area (Å²) in [5.74, 6) is 1.36. The van der Waals surface area contributed by atoms with Gasteiger partial charge in [0.15, 0.2) is 0 Å². The molecule has 0 aliphatic heterocycles.